The fraction of sp³-hybridized carbons (Fsp3) is 0.474. The number of ether oxygens (including phenoxy) is 1. The van der Waals surface area contributed by atoms with Gasteiger partial charge in [-0.05, 0) is 12.1 Å². The van der Waals surface area contributed by atoms with Crippen LogP contribution in [0.1, 0.15) is 18.2 Å². The lowest BCUT2D eigenvalue weighted by Gasteiger charge is -2.24. The molecule has 1 aromatic carbocycles. The number of nitrogens with one attached hydrogen (secondary N) is 1. The van der Waals surface area contributed by atoms with Crippen molar-refractivity contribution in [2.75, 3.05) is 32.8 Å². The van der Waals surface area contributed by atoms with E-state index in [1.807, 2.05) is 24.3 Å². The van der Waals surface area contributed by atoms with Crippen molar-refractivity contribution < 1.29 is 14.1 Å². The summed E-state index contributed by atoms with van der Waals surface area (Å²) in [6, 6.07) is 7.49. The maximum absolute atomic E-state index is 13.1. The lowest BCUT2D eigenvalue weighted by atomic mass is 10.2. The molecule has 0 atom stereocenters. The molecule has 0 spiro atoms. The van der Waals surface area contributed by atoms with Gasteiger partial charge in [-0.2, -0.15) is 0 Å². The summed E-state index contributed by atoms with van der Waals surface area (Å²) >= 11 is 1.46. The van der Waals surface area contributed by atoms with E-state index in [9.17, 15) is 4.79 Å². The number of fused-ring (bicyclic) bond motifs is 1. The summed E-state index contributed by atoms with van der Waals surface area (Å²) in [6.07, 6.45) is 0.919. The minimum absolute atomic E-state index is 0.00628. The monoisotopic (exact) mass is 402 g/mol. The highest BCUT2D eigenvalue weighted by Crippen LogP contribution is 2.21. The molecule has 0 aliphatic carbocycles. The SMILES string of the molecule is Cc1nnc(CSc2nc3ccccc3c(=O)n2CCC[NH+]2CCOCC2)o1. The number of benzene rings is 1. The molecule has 2 aromatic heterocycles. The van der Waals surface area contributed by atoms with Gasteiger partial charge < -0.3 is 14.1 Å². The van der Waals surface area contributed by atoms with Crippen LogP contribution in [-0.2, 0) is 17.0 Å². The van der Waals surface area contributed by atoms with Gasteiger partial charge in [-0.3, -0.25) is 9.36 Å². The number of para-hydroxylation sites is 1. The Morgan fingerprint density at radius 2 is 2.04 bits per heavy atom. The predicted octanol–water partition coefficient (Wildman–Crippen LogP) is 0.685. The van der Waals surface area contributed by atoms with E-state index in [2.05, 4.69) is 10.2 Å². The number of quaternary nitrogens is 1. The van der Waals surface area contributed by atoms with Crippen molar-refractivity contribution in [3.63, 3.8) is 0 Å². The average Bonchev–Trinajstić information content (AvgIpc) is 3.14. The van der Waals surface area contributed by atoms with Crippen molar-refractivity contribution in [3.8, 4) is 0 Å². The smallest absolute Gasteiger partial charge is 0.262 e. The molecule has 1 aliphatic heterocycles. The zero-order valence-corrected chi connectivity index (χ0v) is 16.7. The van der Waals surface area contributed by atoms with Gasteiger partial charge in [0.05, 0.1) is 36.4 Å². The van der Waals surface area contributed by atoms with E-state index in [1.54, 1.807) is 11.5 Å². The van der Waals surface area contributed by atoms with Crippen LogP contribution in [-0.4, -0.2) is 52.6 Å². The summed E-state index contributed by atoms with van der Waals surface area (Å²) in [6.45, 7) is 7.13. The first-order valence-electron chi connectivity index (χ1n) is 9.53. The molecule has 1 aliphatic rings. The van der Waals surface area contributed by atoms with Gasteiger partial charge in [-0.25, -0.2) is 4.98 Å². The number of rotatable bonds is 7. The molecule has 0 saturated carbocycles. The first-order chi connectivity index (χ1) is 13.7. The van der Waals surface area contributed by atoms with Gasteiger partial charge in [0.2, 0.25) is 11.8 Å². The number of aromatic nitrogens is 4. The van der Waals surface area contributed by atoms with Gasteiger partial charge in [-0.15, -0.1) is 10.2 Å². The van der Waals surface area contributed by atoms with E-state index < -0.39 is 0 Å². The molecule has 0 amide bonds. The Balaban J connectivity index is 1.54. The van der Waals surface area contributed by atoms with Crippen molar-refractivity contribution in [2.45, 2.75) is 30.8 Å². The molecule has 148 valence electrons. The number of hydrogen-bond donors (Lipinski definition) is 1. The number of aryl methyl sites for hydroxylation is 1. The van der Waals surface area contributed by atoms with Crippen molar-refractivity contribution in [2.24, 2.45) is 0 Å². The van der Waals surface area contributed by atoms with Gasteiger partial charge in [0, 0.05) is 19.9 Å². The minimum Gasteiger partial charge on any atom is -0.425 e. The predicted molar refractivity (Wildman–Crippen MR) is 106 cm³/mol. The van der Waals surface area contributed by atoms with Crippen LogP contribution in [0.3, 0.4) is 0 Å². The summed E-state index contributed by atoms with van der Waals surface area (Å²) in [5, 5.41) is 9.23. The summed E-state index contributed by atoms with van der Waals surface area (Å²) < 4.78 is 12.7. The van der Waals surface area contributed by atoms with Gasteiger partial charge >= 0.3 is 0 Å². The average molecular weight is 403 g/mol. The van der Waals surface area contributed by atoms with E-state index in [-0.39, 0.29) is 5.56 Å². The normalized spacial score (nSPS) is 15.3. The third-order valence-corrected chi connectivity index (χ3v) is 5.79. The molecule has 28 heavy (non-hydrogen) atoms. The molecule has 4 rings (SSSR count). The molecular formula is C19H24N5O3S+. The second-order valence-corrected chi connectivity index (χ2v) is 7.78. The van der Waals surface area contributed by atoms with Gasteiger partial charge in [0.25, 0.3) is 5.56 Å². The van der Waals surface area contributed by atoms with Crippen LogP contribution in [0.5, 0.6) is 0 Å². The third-order valence-electron chi connectivity index (χ3n) is 4.83. The Hall–Kier alpha value is -2.23. The fourth-order valence-corrected chi connectivity index (χ4v) is 4.24. The van der Waals surface area contributed by atoms with E-state index in [1.165, 1.54) is 16.7 Å². The van der Waals surface area contributed by atoms with Crippen LogP contribution in [0.4, 0.5) is 0 Å². The maximum atomic E-state index is 13.1. The van der Waals surface area contributed by atoms with Crippen molar-refractivity contribution in [3.05, 3.63) is 46.4 Å². The zero-order valence-electron chi connectivity index (χ0n) is 15.9. The van der Waals surface area contributed by atoms with Crippen LogP contribution < -0.4 is 10.5 Å². The molecule has 9 heteroatoms. The van der Waals surface area contributed by atoms with Crippen LogP contribution in [0.2, 0.25) is 0 Å². The summed E-state index contributed by atoms with van der Waals surface area (Å²) in [7, 11) is 0. The molecule has 1 fully saturated rings. The molecule has 8 nitrogen and oxygen atoms in total. The van der Waals surface area contributed by atoms with Gasteiger partial charge in [0.15, 0.2) is 5.16 Å². The van der Waals surface area contributed by atoms with Crippen LogP contribution in [0.15, 0.2) is 38.6 Å². The number of morpholine rings is 1. The fourth-order valence-electron chi connectivity index (χ4n) is 3.37. The van der Waals surface area contributed by atoms with Gasteiger partial charge in [-0.1, -0.05) is 23.9 Å². The Morgan fingerprint density at radius 3 is 2.82 bits per heavy atom. The minimum atomic E-state index is 0.00628. The molecule has 0 bridgehead atoms. The van der Waals surface area contributed by atoms with Crippen molar-refractivity contribution in [1.82, 2.24) is 19.7 Å². The highest BCUT2D eigenvalue weighted by Gasteiger charge is 2.16. The molecular weight excluding hydrogens is 378 g/mol. The lowest BCUT2D eigenvalue weighted by molar-refractivity contribution is -0.908. The van der Waals surface area contributed by atoms with Gasteiger partial charge in [0.1, 0.15) is 13.1 Å². The van der Waals surface area contributed by atoms with E-state index in [4.69, 9.17) is 14.1 Å². The molecule has 3 aromatic rings. The maximum Gasteiger partial charge on any atom is 0.262 e. The summed E-state index contributed by atoms with van der Waals surface area (Å²) in [4.78, 5) is 19.3. The second kappa shape index (κ2) is 8.85. The van der Waals surface area contributed by atoms with E-state index >= 15 is 0 Å². The number of nitrogens with zero attached hydrogens (tertiary/aromatic N) is 4. The summed E-state index contributed by atoms with van der Waals surface area (Å²) in [5.41, 5.74) is 0.721. The quantitative estimate of drug-likeness (QED) is 0.459. The molecule has 1 N–H and O–H groups in total. The second-order valence-electron chi connectivity index (χ2n) is 6.84. The third kappa shape index (κ3) is 4.43. The first-order valence-corrected chi connectivity index (χ1v) is 10.5. The van der Waals surface area contributed by atoms with Crippen LogP contribution in [0, 0.1) is 6.92 Å². The Kier molecular flexibility index (Phi) is 6.04. The topological polar surface area (TPSA) is 87.5 Å². The van der Waals surface area contributed by atoms with E-state index in [0.29, 0.717) is 40.1 Å². The molecule has 1 saturated heterocycles. The molecule has 3 heterocycles. The van der Waals surface area contributed by atoms with Crippen molar-refractivity contribution in [1.29, 1.82) is 0 Å². The van der Waals surface area contributed by atoms with Crippen LogP contribution >= 0.6 is 11.8 Å². The van der Waals surface area contributed by atoms with Crippen molar-refractivity contribution >= 4 is 22.7 Å². The lowest BCUT2D eigenvalue weighted by Crippen LogP contribution is -3.14. The number of hydrogen-bond acceptors (Lipinski definition) is 7. The number of thioether (sulfide) groups is 1. The summed E-state index contributed by atoms with van der Waals surface area (Å²) in [5.74, 6) is 1.56. The molecule has 0 radical (unpaired) electrons. The Labute approximate surface area is 166 Å². The van der Waals surface area contributed by atoms with E-state index in [0.717, 1.165) is 39.3 Å². The standard InChI is InChI=1S/C19H23N5O3S/c1-14-21-22-17(27-14)13-28-19-20-16-6-3-2-5-15(16)18(25)24(19)8-4-7-23-9-11-26-12-10-23/h2-3,5-6H,4,7-13H2,1H3/p+1. The Morgan fingerprint density at radius 1 is 1.21 bits per heavy atom. The highest BCUT2D eigenvalue weighted by atomic mass is 32.2. The first kappa shape index (κ1) is 19.1. The highest BCUT2D eigenvalue weighted by molar-refractivity contribution is 7.98. The Bertz CT molecular complexity index is 997. The zero-order chi connectivity index (χ0) is 19.3. The molecule has 0 unspecified atom stereocenters. The van der Waals surface area contributed by atoms with Crippen LogP contribution in [0.25, 0.3) is 10.9 Å². The largest absolute Gasteiger partial charge is 0.425 e.